The molecule has 0 aromatic carbocycles. The Hall–Kier alpha value is -0.0200. The first kappa shape index (κ1) is 18.0. The lowest BCUT2D eigenvalue weighted by Gasteiger charge is -2.30. The Morgan fingerprint density at radius 1 is 1.20 bits per heavy atom. The van der Waals surface area contributed by atoms with Crippen molar-refractivity contribution in [2.45, 2.75) is 70.8 Å². The second kappa shape index (κ2) is 9.09. The number of rotatable bonds is 9. The summed E-state index contributed by atoms with van der Waals surface area (Å²) in [5.41, 5.74) is 0. The average molecular weight is 326 g/mol. The van der Waals surface area contributed by atoms with Gasteiger partial charge >= 0.3 is 0 Å². The Morgan fingerprint density at radius 2 is 1.85 bits per heavy atom. The molecule has 120 valence electrons. The van der Waals surface area contributed by atoms with Gasteiger partial charge in [-0.15, -0.1) is 0 Å². The summed E-state index contributed by atoms with van der Waals surface area (Å²) < 4.78 is 48.2. The lowest BCUT2D eigenvalue weighted by Crippen LogP contribution is -2.48. The van der Waals surface area contributed by atoms with Crippen molar-refractivity contribution in [3.05, 3.63) is 0 Å². The highest BCUT2D eigenvalue weighted by atomic mass is 32.3. The fourth-order valence-electron chi connectivity index (χ4n) is 2.52. The molecule has 0 radical (unpaired) electrons. The summed E-state index contributed by atoms with van der Waals surface area (Å²) in [6, 6.07) is -0.359. The highest BCUT2D eigenvalue weighted by Crippen LogP contribution is 2.25. The second-order valence-electron chi connectivity index (χ2n) is 5.24. The highest BCUT2D eigenvalue weighted by molar-refractivity contribution is 7.98. The van der Waals surface area contributed by atoms with E-state index >= 15 is 0 Å². The van der Waals surface area contributed by atoms with Gasteiger partial charge in [-0.1, -0.05) is 49.2 Å². The van der Waals surface area contributed by atoms with Crippen LogP contribution in [0.4, 0.5) is 0 Å². The van der Waals surface area contributed by atoms with Crippen LogP contribution >= 0.6 is 0 Å². The second-order valence-corrected chi connectivity index (χ2v) is 7.96. The predicted octanol–water partition coefficient (Wildman–Crippen LogP) is 2.17. The summed E-state index contributed by atoms with van der Waals surface area (Å²) in [6.07, 6.45) is 8.06. The predicted molar refractivity (Wildman–Crippen MR) is 80.5 cm³/mol. The molecule has 0 spiro atoms. The molecule has 0 bridgehead atoms. The molecule has 20 heavy (non-hydrogen) atoms. The summed E-state index contributed by atoms with van der Waals surface area (Å²) >= 11 is -2.50. The van der Waals surface area contributed by atoms with E-state index in [4.69, 9.17) is 0 Å². The van der Waals surface area contributed by atoms with Crippen LogP contribution in [0, 0.1) is 0 Å². The topological polar surface area (TPSA) is 86.7 Å². The molecule has 2 N–H and O–H groups in total. The van der Waals surface area contributed by atoms with E-state index < -0.39 is 21.5 Å². The van der Waals surface area contributed by atoms with Crippen molar-refractivity contribution in [2.75, 3.05) is 6.54 Å². The smallest absolute Gasteiger partial charge is 0.292 e. The average Bonchev–Trinajstić information content (AvgIpc) is 2.39. The van der Waals surface area contributed by atoms with E-state index in [1.54, 1.807) is 0 Å². The standard InChI is InChI=1S/C12H26N2O4S2/c1-2-3-4-8-11-13-20(17,18)14(19(15)16)12-9-6-5-7-10-12/h12-13H,2-11H2,1H3,(H,15,16). The first-order valence-electron chi connectivity index (χ1n) is 7.39. The third-order valence-corrected chi connectivity index (χ3v) is 6.50. The Bertz CT molecular complexity index is 394. The van der Waals surface area contributed by atoms with E-state index in [1.165, 1.54) is 0 Å². The van der Waals surface area contributed by atoms with Gasteiger partial charge in [0.05, 0.1) is 0 Å². The molecule has 1 unspecified atom stereocenters. The molecule has 0 aromatic heterocycles. The fraction of sp³-hybridized carbons (Fsp3) is 1.00. The zero-order valence-corrected chi connectivity index (χ0v) is 13.7. The lowest BCUT2D eigenvalue weighted by molar-refractivity contribution is 0.321. The fourth-order valence-corrected chi connectivity index (χ4v) is 4.94. The van der Waals surface area contributed by atoms with Crippen molar-refractivity contribution < 1.29 is 17.2 Å². The molecule has 8 heteroatoms. The third kappa shape index (κ3) is 5.77. The van der Waals surface area contributed by atoms with Gasteiger partial charge in [-0.25, -0.2) is 8.93 Å². The maximum absolute atomic E-state index is 12.2. The van der Waals surface area contributed by atoms with Crippen molar-refractivity contribution in [3.8, 4) is 0 Å². The maximum atomic E-state index is 12.2. The molecule has 0 aromatic rings. The van der Waals surface area contributed by atoms with Gasteiger partial charge in [0.1, 0.15) is 0 Å². The van der Waals surface area contributed by atoms with Gasteiger partial charge in [0.25, 0.3) is 10.2 Å². The Morgan fingerprint density at radius 3 is 2.40 bits per heavy atom. The van der Waals surface area contributed by atoms with Crippen molar-refractivity contribution in [1.82, 2.24) is 8.43 Å². The van der Waals surface area contributed by atoms with Gasteiger partial charge in [-0.2, -0.15) is 8.42 Å². The van der Waals surface area contributed by atoms with Crippen LogP contribution in [-0.2, 0) is 21.5 Å². The van der Waals surface area contributed by atoms with Crippen LogP contribution in [0.25, 0.3) is 0 Å². The van der Waals surface area contributed by atoms with Crippen LogP contribution in [0.15, 0.2) is 0 Å². The molecule has 1 fully saturated rings. The quantitative estimate of drug-likeness (QED) is 0.502. The number of nitrogens with zero attached hydrogens (tertiary/aromatic N) is 1. The van der Waals surface area contributed by atoms with E-state index in [0.717, 1.165) is 48.7 Å². The van der Waals surface area contributed by atoms with Crippen LogP contribution in [0.2, 0.25) is 0 Å². The molecule has 1 rings (SSSR count). The zero-order valence-electron chi connectivity index (χ0n) is 12.1. The van der Waals surface area contributed by atoms with Crippen LogP contribution < -0.4 is 4.72 Å². The van der Waals surface area contributed by atoms with Crippen molar-refractivity contribution >= 4 is 21.5 Å². The van der Waals surface area contributed by atoms with Gasteiger partial charge in [0.2, 0.25) is 11.3 Å². The normalized spacial score (nSPS) is 19.4. The molecule has 1 atom stereocenters. The first-order valence-corrected chi connectivity index (χ1v) is 9.89. The highest BCUT2D eigenvalue weighted by Gasteiger charge is 2.35. The molecule has 1 saturated carbocycles. The minimum Gasteiger partial charge on any atom is -0.293 e. The van der Waals surface area contributed by atoms with Crippen molar-refractivity contribution in [1.29, 1.82) is 0 Å². The van der Waals surface area contributed by atoms with Crippen molar-refractivity contribution in [3.63, 3.8) is 0 Å². The van der Waals surface area contributed by atoms with E-state index in [2.05, 4.69) is 11.6 Å². The number of hydrogen-bond acceptors (Lipinski definition) is 3. The zero-order chi connectivity index (χ0) is 15.0. The summed E-state index contributed by atoms with van der Waals surface area (Å²) in [5.74, 6) is 0. The van der Waals surface area contributed by atoms with E-state index in [-0.39, 0.29) is 6.04 Å². The molecule has 0 aliphatic heterocycles. The van der Waals surface area contributed by atoms with Crippen LogP contribution in [-0.4, -0.2) is 33.5 Å². The number of unbranched alkanes of at least 4 members (excludes halogenated alkanes) is 3. The summed E-state index contributed by atoms with van der Waals surface area (Å²) in [4.78, 5) is 0. The van der Waals surface area contributed by atoms with Crippen LogP contribution in [0.3, 0.4) is 0 Å². The summed E-state index contributed by atoms with van der Waals surface area (Å²) in [7, 11) is -3.88. The molecule has 0 heterocycles. The monoisotopic (exact) mass is 326 g/mol. The van der Waals surface area contributed by atoms with Crippen LogP contribution in [0.1, 0.15) is 64.7 Å². The van der Waals surface area contributed by atoms with Crippen LogP contribution in [0.5, 0.6) is 0 Å². The van der Waals surface area contributed by atoms with Gasteiger partial charge < -0.3 is 0 Å². The number of nitrogens with one attached hydrogen (secondary N) is 1. The van der Waals surface area contributed by atoms with Crippen molar-refractivity contribution in [2.24, 2.45) is 0 Å². The van der Waals surface area contributed by atoms with E-state index in [9.17, 15) is 17.2 Å². The molecule has 0 saturated heterocycles. The number of hydrogen-bond donors (Lipinski definition) is 2. The molecular weight excluding hydrogens is 300 g/mol. The Labute approximate surface area is 124 Å². The summed E-state index contributed by atoms with van der Waals surface area (Å²) in [6.45, 7) is 2.41. The van der Waals surface area contributed by atoms with Gasteiger partial charge in [0.15, 0.2) is 0 Å². The SMILES string of the molecule is CCCCCCNS(=O)(=O)N(C1CCCCC1)S(=O)O. The molecule has 1 aliphatic carbocycles. The minimum atomic E-state index is -3.88. The Balaban J connectivity index is 2.57. The van der Waals surface area contributed by atoms with E-state index in [1.807, 2.05) is 0 Å². The lowest BCUT2D eigenvalue weighted by atomic mass is 9.96. The van der Waals surface area contributed by atoms with Gasteiger partial charge in [0, 0.05) is 12.6 Å². The maximum Gasteiger partial charge on any atom is 0.292 e. The van der Waals surface area contributed by atoms with Gasteiger partial charge in [-0.05, 0) is 19.3 Å². The minimum absolute atomic E-state index is 0.322. The third-order valence-electron chi connectivity index (χ3n) is 3.58. The van der Waals surface area contributed by atoms with Gasteiger partial charge in [-0.3, -0.25) is 4.55 Å². The molecule has 0 amide bonds. The Kier molecular flexibility index (Phi) is 8.20. The molecular formula is C12H26N2O4S2. The molecule has 1 aliphatic rings. The first-order chi connectivity index (χ1) is 9.49. The molecule has 6 nitrogen and oxygen atoms in total. The largest absolute Gasteiger partial charge is 0.293 e. The summed E-state index contributed by atoms with van der Waals surface area (Å²) in [5, 5.41) is 0. The van der Waals surface area contributed by atoms with E-state index in [0.29, 0.717) is 19.4 Å².